The van der Waals surface area contributed by atoms with Crippen LogP contribution in [0.3, 0.4) is 0 Å². The summed E-state index contributed by atoms with van der Waals surface area (Å²) in [5.74, 6) is 1.17. The molecule has 0 spiro atoms. The van der Waals surface area contributed by atoms with E-state index >= 15 is 0 Å². The average molecular weight is 438 g/mol. The maximum atomic E-state index is 13.4. The summed E-state index contributed by atoms with van der Waals surface area (Å²) in [6.07, 6.45) is 1.31. The number of nitrogens with zero attached hydrogens (tertiary/aromatic N) is 2. The topological polar surface area (TPSA) is 129 Å². The highest BCUT2D eigenvalue weighted by Crippen LogP contribution is 2.36. The zero-order valence-electron chi connectivity index (χ0n) is 16.5. The van der Waals surface area contributed by atoms with Crippen molar-refractivity contribution in [3.63, 3.8) is 0 Å². The van der Waals surface area contributed by atoms with Crippen LogP contribution in [0.25, 0.3) is 10.9 Å². The number of nitrogens with two attached hydrogens (primary N) is 1. The summed E-state index contributed by atoms with van der Waals surface area (Å²) in [6, 6.07) is 11.8. The minimum absolute atomic E-state index is 0.0354. The molecule has 0 radical (unpaired) electrons. The van der Waals surface area contributed by atoms with Crippen molar-refractivity contribution >= 4 is 26.6 Å². The number of ether oxygens (including phenoxy) is 2. The molecule has 0 amide bonds. The molecular weight excluding hydrogens is 420 g/mol. The first-order chi connectivity index (χ1) is 14.9. The molecule has 2 aromatic heterocycles. The van der Waals surface area contributed by atoms with Gasteiger partial charge in [-0.15, -0.1) is 0 Å². The monoisotopic (exact) mass is 438 g/mol. The van der Waals surface area contributed by atoms with E-state index in [4.69, 9.17) is 15.2 Å². The molecule has 0 atom stereocenters. The van der Waals surface area contributed by atoms with Gasteiger partial charge in [0.1, 0.15) is 16.2 Å². The molecule has 2 aromatic carbocycles. The van der Waals surface area contributed by atoms with Gasteiger partial charge < -0.3 is 19.8 Å². The number of benzene rings is 2. The van der Waals surface area contributed by atoms with Crippen molar-refractivity contribution in [1.29, 1.82) is 0 Å². The van der Waals surface area contributed by atoms with E-state index in [1.165, 1.54) is 22.9 Å². The lowest BCUT2D eigenvalue weighted by Crippen LogP contribution is -2.14. The number of sulfone groups is 1. The Morgan fingerprint density at radius 3 is 2.65 bits per heavy atom. The molecule has 0 bridgehead atoms. The number of nitrogen functional groups attached to an aromatic ring is 1. The highest BCUT2D eigenvalue weighted by molar-refractivity contribution is 7.92. The molecule has 0 saturated heterocycles. The van der Waals surface area contributed by atoms with Crippen LogP contribution in [0.1, 0.15) is 11.1 Å². The van der Waals surface area contributed by atoms with Crippen LogP contribution in [0.4, 0.5) is 5.82 Å². The van der Waals surface area contributed by atoms with Crippen LogP contribution in [-0.4, -0.2) is 30.0 Å². The number of rotatable bonds is 4. The van der Waals surface area contributed by atoms with Gasteiger partial charge in [0.15, 0.2) is 11.5 Å². The Kier molecular flexibility index (Phi) is 4.26. The third-order valence-electron chi connectivity index (χ3n) is 5.25. The van der Waals surface area contributed by atoms with Gasteiger partial charge in [-0.3, -0.25) is 4.79 Å². The molecule has 31 heavy (non-hydrogen) atoms. The van der Waals surface area contributed by atoms with E-state index in [-0.39, 0.29) is 39.8 Å². The first-order valence-corrected chi connectivity index (χ1v) is 10.9. The predicted molar refractivity (Wildman–Crippen MR) is 113 cm³/mol. The third-order valence-corrected chi connectivity index (χ3v) is 7.10. The van der Waals surface area contributed by atoms with Gasteiger partial charge in [0.25, 0.3) is 5.56 Å². The largest absolute Gasteiger partial charge is 0.454 e. The van der Waals surface area contributed by atoms with Crippen LogP contribution < -0.4 is 20.8 Å². The third kappa shape index (κ3) is 3.03. The predicted octanol–water partition coefficient (Wildman–Crippen LogP) is 2.23. The Labute approximate surface area is 176 Å². The Morgan fingerprint density at radius 1 is 1.13 bits per heavy atom. The molecule has 0 saturated carbocycles. The second-order valence-electron chi connectivity index (χ2n) is 7.27. The molecule has 0 unspecified atom stereocenters. The van der Waals surface area contributed by atoms with Gasteiger partial charge in [0.2, 0.25) is 16.6 Å². The Bertz CT molecular complexity index is 1490. The molecule has 5 rings (SSSR count). The number of anilines is 1. The number of aromatic nitrogens is 3. The van der Waals surface area contributed by atoms with E-state index in [9.17, 15) is 13.2 Å². The quantitative estimate of drug-likeness (QED) is 0.500. The Balaban J connectivity index is 1.71. The smallest absolute Gasteiger partial charge is 0.288 e. The number of aromatic amines is 1. The van der Waals surface area contributed by atoms with Crippen molar-refractivity contribution in [2.45, 2.75) is 23.3 Å². The number of H-pyrrole nitrogens is 1. The van der Waals surface area contributed by atoms with E-state index in [2.05, 4.69) is 10.2 Å². The summed E-state index contributed by atoms with van der Waals surface area (Å²) >= 11 is 0. The van der Waals surface area contributed by atoms with Crippen LogP contribution in [0, 0.1) is 6.92 Å². The normalized spacial score (nSPS) is 13.1. The van der Waals surface area contributed by atoms with Crippen molar-refractivity contribution in [3.8, 4) is 11.5 Å². The summed E-state index contributed by atoms with van der Waals surface area (Å²) in [7, 11) is -3.99. The van der Waals surface area contributed by atoms with Crippen molar-refractivity contribution in [2.24, 2.45) is 0 Å². The van der Waals surface area contributed by atoms with Crippen LogP contribution in [-0.2, 0) is 16.4 Å². The van der Waals surface area contributed by atoms with Crippen LogP contribution in [0.15, 0.2) is 63.2 Å². The molecule has 9 nitrogen and oxygen atoms in total. The lowest BCUT2D eigenvalue weighted by Gasteiger charge is -2.09. The molecule has 158 valence electrons. The molecule has 0 aliphatic carbocycles. The van der Waals surface area contributed by atoms with Gasteiger partial charge in [-0.05, 0) is 36.8 Å². The molecule has 1 aliphatic rings. The lowest BCUT2D eigenvalue weighted by atomic mass is 10.2. The number of nitrogens with one attached hydrogen (secondary N) is 1. The Morgan fingerprint density at radius 2 is 1.87 bits per heavy atom. The molecule has 0 fully saturated rings. The van der Waals surface area contributed by atoms with Gasteiger partial charge in [-0.25, -0.2) is 13.5 Å². The van der Waals surface area contributed by atoms with Gasteiger partial charge in [-0.1, -0.05) is 23.8 Å². The van der Waals surface area contributed by atoms with Crippen molar-refractivity contribution in [2.75, 3.05) is 12.5 Å². The SMILES string of the molecule is Cc1ccc(S(=O)(=O)c2c(N)n(Cc3ccc4c(c3)OCO4)c3c(=O)[nH]ncc23)cc1. The zero-order valence-corrected chi connectivity index (χ0v) is 17.3. The van der Waals surface area contributed by atoms with E-state index < -0.39 is 15.4 Å². The standard InChI is InChI=1S/C21H18N4O5S/c1-12-2-5-14(6-3-12)31(27,28)19-15-9-23-24-21(26)18(15)25(20(19)22)10-13-4-7-16-17(8-13)30-11-29-16/h2-9H,10-11,22H2,1H3,(H,24,26). The maximum Gasteiger partial charge on any atom is 0.288 e. The fraction of sp³-hybridized carbons (Fsp3) is 0.143. The van der Waals surface area contributed by atoms with Gasteiger partial charge >= 0.3 is 0 Å². The van der Waals surface area contributed by atoms with E-state index in [0.29, 0.717) is 11.5 Å². The number of aryl methyl sites for hydroxylation is 1. The minimum Gasteiger partial charge on any atom is -0.454 e. The fourth-order valence-electron chi connectivity index (χ4n) is 3.71. The first kappa shape index (κ1) is 19.2. The van der Waals surface area contributed by atoms with Gasteiger partial charge in [0, 0.05) is 11.9 Å². The van der Waals surface area contributed by atoms with Gasteiger partial charge in [0.05, 0.1) is 11.1 Å². The second-order valence-corrected chi connectivity index (χ2v) is 9.15. The highest BCUT2D eigenvalue weighted by atomic mass is 32.2. The Hall–Kier alpha value is -3.79. The van der Waals surface area contributed by atoms with E-state index in [1.54, 1.807) is 24.3 Å². The maximum absolute atomic E-state index is 13.4. The summed E-state index contributed by atoms with van der Waals surface area (Å²) in [5.41, 5.74) is 7.64. The summed E-state index contributed by atoms with van der Waals surface area (Å²) in [6.45, 7) is 2.17. The number of hydrogen-bond donors (Lipinski definition) is 2. The average Bonchev–Trinajstić information content (AvgIpc) is 3.31. The molecule has 3 heterocycles. The van der Waals surface area contributed by atoms with Crippen LogP contribution in [0.2, 0.25) is 0 Å². The number of fused-ring (bicyclic) bond motifs is 2. The summed E-state index contributed by atoms with van der Waals surface area (Å²) in [5, 5.41) is 6.32. The first-order valence-electron chi connectivity index (χ1n) is 9.42. The second kappa shape index (κ2) is 6.88. The molecular formula is C21H18N4O5S. The number of hydrogen-bond acceptors (Lipinski definition) is 7. The molecule has 1 aliphatic heterocycles. The van der Waals surface area contributed by atoms with Crippen molar-refractivity contribution in [3.05, 3.63) is 70.1 Å². The highest BCUT2D eigenvalue weighted by Gasteiger charge is 2.29. The minimum atomic E-state index is -3.99. The van der Waals surface area contributed by atoms with Crippen LogP contribution >= 0.6 is 0 Å². The van der Waals surface area contributed by atoms with E-state index in [1.807, 2.05) is 13.0 Å². The zero-order chi connectivity index (χ0) is 21.8. The van der Waals surface area contributed by atoms with E-state index in [0.717, 1.165) is 11.1 Å². The summed E-state index contributed by atoms with van der Waals surface area (Å²) in [4.78, 5) is 12.6. The lowest BCUT2D eigenvalue weighted by molar-refractivity contribution is 0.174. The summed E-state index contributed by atoms with van der Waals surface area (Å²) < 4.78 is 39.1. The van der Waals surface area contributed by atoms with Crippen molar-refractivity contribution in [1.82, 2.24) is 14.8 Å². The van der Waals surface area contributed by atoms with Gasteiger partial charge in [-0.2, -0.15) is 5.10 Å². The molecule has 3 N–H and O–H groups in total. The fourth-order valence-corrected chi connectivity index (χ4v) is 5.27. The molecule has 4 aromatic rings. The van der Waals surface area contributed by atoms with Crippen molar-refractivity contribution < 1.29 is 17.9 Å². The molecule has 10 heteroatoms. The van der Waals surface area contributed by atoms with Crippen LogP contribution in [0.5, 0.6) is 11.5 Å².